The van der Waals surface area contributed by atoms with E-state index >= 15 is 0 Å². The van der Waals surface area contributed by atoms with Gasteiger partial charge in [0.15, 0.2) is 0 Å². The summed E-state index contributed by atoms with van der Waals surface area (Å²) in [5.74, 6) is 0.436. The van der Waals surface area contributed by atoms with E-state index in [-0.39, 0.29) is 26.9 Å². The summed E-state index contributed by atoms with van der Waals surface area (Å²) in [5, 5.41) is 4.08. The van der Waals surface area contributed by atoms with Gasteiger partial charge < -0.3 is 9.47 Å². The summed E-state index contributed by atoms with van der Waals surface area (Å²) in [6.45, 7) is 3.78. The second-order valence-corrected chi connectivity index (χ2v) is 10.4. The number of benzene rings is 1. The Labute approximate surface area is 171 Å². The number of aromatic nitrogens is 2. The molecule has 1 aliphatic rings. The average molecular weight is 444 g/mol. The summed E-state index contributed by atoms with van der Waals surface area (Å²) >= 11 is 0. The molecule has 2 aromatic rings. The molecule has 0 unspecified atom stereocenters. The average Bonchev–Trinajstić information content (AvgIpc) is 3.03. The Morgan fingerprint density at radius 3 is 2.17 bits per heavy atom. The number of piperidine rings is 1. The zero-order valence-corrected chi connectivity index (χ0v) is 18.5. The Bertz CT molecular complexity index is 1120. The molecule has 0 atom stereocenters. The molecule has 1 saturated heterocycles. The molecule has 9 nitrogen and oxygen atoms in total. The van der Waals surface area contributed by atoms with Gasteiger partial charge >= 0.3 is 0 Å². The van der Waals surface area contributed by atoms with Crippen LogP contribution in [0.4, 0.5) is 0 Å². The van der Waals surface area contributed by atoms with Crippen LogP contribution < -0.4 is 9.47 Å². The van der Waals surface area contributed by atoms with Gasteiger partial charge in [-0.25, -0.2) is 8.42 Å². The summed E-state index contributed by atoms with van der Waals surface area (Å²) in [5.41, 5.74) is 0.177. The van der Waals surface area contributed by atoms with Crippen molar-refractivity contribution >= 4 is 20.0 Å². The molecule has 1 aliphatic heterocycles. The zero-order valence-electron chi connectivity index (χ0n) is 16.9. The first-order valence-electron chi connectivity index (χ1n) is 9.18. The van der Waals surface area contributed by atoms with Crippen molar-refractivity contribution in [2.45, 2.75) is 42.9 Å². The summed E-state index contributed by atoms with van der Waals surface area (Å²) in [6.07, 6.45) is 2.54. The van der Waals surface area contributed by atoms with Crippen molar-refractivity contribution in [3.05, 3.63) is 29.6 Å². The maximum absolute atomic E-state index is 13.3. The predicted octanol–water partition coefficient (Wildman–Crippen LogP) is 1.93. The van der Waals surface area contributed by atoms with Gasteiger partial charge in [-0.1, -0.05) is 6.42 Å². The van der Waals surface area contributed by atoms with Crippen LogP contribution >= 0.6 is 0 Å². The van der Waals surface area contributed by atoms with Crippen LogP contribution in [-0.2, 0) is 20.0 Å². The number of hydrogen-bond acceptors (Lipinski definition) is 7. The van der Waals surface area contributed by atoms with Crippen LogP contribution in [0, 0.1) is 13.8 Å². The number of ether oxygens (including phenoxy) is 2. The van der Waals surface area contributed by atoms with Gasteiger partial charge in [0.05, 0.1) is 25.6 Å². The van der Waals surface area contributed by atoms with Crippen molar-refractivity contribution in [3.63, 3.8) is 0 Å². The van der Waals surface area contributed by atoms with Crippen molar-refractivity contribution in [2.24, 2.45) is 0 Å². The van der Waals surface area contributed by atoms with Crippen molar-refractivity contribution in [1.82, 2.24) is 13.5 Å². The molecule has 2 heterocycles. The maximum Gasteiger partial charge on any atom is 0.287 e. The van der Waals surface area contributed by atoms with E-state index in [1.165, 1.54) is 44.5 Å². The molecule has 160 valence electrons. The zero-order chi connectivity index (χ0) is 21.4. The molecular formula is C18H25N3O6S2. The topological polar surface area (TPSA) is 108 Å². The van der Waals surface area contributed by atoms with Crippen molar-refractivity contribution < 1.29 is 26.3 Å². The Morgan fingerprint density at radius 2 is 1.59 bits per heavy atom. The van der Waals surface area contributed by atoms with Crippen LogP contribution in [0.1, 0.15) is 30.7 Å². The third-order valence-corrected chi connectivity index (χ3v) is 8.81. The Hall–Kier alpha value is -2.11. The van der Waals surface area contributed by atoms with Gasteiger partial charge in [-0.2, -0.15) is 21.9 Å². The molecule has 29 heavy (non-hydrogen) atoms. The van der Waals surface area contributed by atoms with Crippen molar-refractivity contribution in [3.8, 4) is 11.5 Å². The lowest BCUT2D eigenvalue weighted by atomic mass is 10.2. The first-order valence-corrected chi connectivity index (χ1v) is 12.1. The molecular weight excluding hydrogens is 418 g/mol. The van der Waals surface area contributed by atoms with Gasteiger partial charge in [0.25, 0.3) is 10.0 Å². The van der Waals surface area contributed by atoms with Crippen LogP contribution in [0.3, 0.4) is 0 Å². The molecule has 1 aromatic heterocycles. The lowest BCUT2D eigenvalue weighted by Gasteiger charge is -2.25. The Kier molecular flexibility index (Phi) is 5.93. The number of aryl methyl sites for hydroxylation is 1. The van der Waals surface area contributed by atoms with Crippen molar-refractivity contribution in [1.29, 1.82) is 0 Å². The minimum atomic E-state index is -4.22. The molecule has 0 N–H and O–H groups in total. The fraction of sp³-hybridized carbons (Fsp3) is 0.500. The maximum atomic E-state index is 13.3. The first kappa shape index (κ1) is 21.6. The van der Waals surface area contributed by atoms with Gasteiger partial charge in [-0.3, -0.25) is 0 Å². The molecule has 0 saturated carbocycles. The van der Waals surface area contributed by atoms with Gasteiger partial charge in [0, 0.05) is 19.2 Å². The van der Waals surface area contributed by atoms with Crippen molar-refractivity contribution in [2.75, 3.05) is 27.3 Å². The van der Waals surface area contributed by atoms with E-state index < -0.39 is 20.0 Å². The van der Waals surface area contributed by atoms with Gasteiger partial charge in [-0.15, -0.1) is 0 Å². The number of sulfonamides is 1. The number of hydrogen-bond donors (Lipinski definition) is 0. The molecule has 1 aromatic carbocycles. The molecule has 1 fully saturated rings. The lowest BCUT2D eigenvalue weighted by Crippen LogP contribution is -2.36. The van der Waals surface area contributed by atoms with E-state index in [1.54, 1.807) is 6.07 Å². The van der Waals surface area contributed by atoms with Crippen LogP contribution in [0.25, 0.3) is 0 Å². The summed E-state index contributed by atoms with van der Waals surface area (Å²) in [7, 11) is -5.29. The van der Waals surface area contributed by atoms with E-state index in [0.29, 0.717) is 18.8 Å². The highest BCUT2D eigenvalue weighted by atomic mass is 32.2. The van der Waals surface area contributed by atoms with Gasteiger partial charge in [-0.05, 0) is 38.8 Å². The lowest BCUT2D eigenvalue weighted by molar-refractivity contribution is 0.346. The molecule has 0 aliphatic carbocycles. The smallest absolute Gasteiger partial charge is 0.287 e. The second kappa shape index (κ2) is 7.96. The van der Waals surface area contributed by atoms with E-state index in [4.69, 9.17) is 9.47 Å². The Morgan fingerprint density at radius 1 is 0.931 bits per heavy atom. The minimum absolute atomic E-state index is 0.0398. The third kappa shape index (κ3) is 3.74. The van der Waals surface area contributed by atoms with E-state index in [1.807, 2.05) is 0 Å². The molecule has 11 heteroatoms. The largest absolute Gasteiger partial charge is 0.497 e. The summed E-state index contributed by atoms with van der Waals surface area (Å²) in [4.78, 5) is -0.225. The predicted molar refractivity (Wildman–Crippen MR) is 106 cm³/mol. The van der Waals surface area contributed by atoms with Crippen LogP contribution in [0.5, 0.6) is 11.5 Å². The number of methoxy groups -OCH3 is 2. The normalized spacial score (nSPS) is 16.0. The fourth-order valence-corrected chi connectivity index (χ4v) is 6.99. The Balaban J connectivity index is 2.15. The molecule has 0 bridgehead atoms. The molecule has 3 rings (SSSR count). The summed E-state index contributed by atoms with van der Waals surface area (Å²) < 4.78 is 65.5. The highest BCUT2D eigenvalue weighted by Gasteiger charge is 2.35. The molecule has 0 radical (unpaired) electrons. The van der Waals surface area contributed by atoms with Crippen LogP contribution in [0.15, 0.2) is 28.0 Å². The van der Waals surface area contributed by atoms with E-state index in [9.17, 15) is 16.8 Å². The standard InChI is InChI=1S/C18H25N3O6S2/c1-13-18(29(24,25)20-10-6-5-7-11-20)14(2)21(19-13)28(22,23)17-12-15(26-3)8-9-16(17)27-4/h8-9,12H,5-7,10-11H2,1-4H3. The number of nitrogens with zero attached hydrogens (tertiary/aromatic N) is 3. The number of rotatable bonds is 6. The fourth-order valence-electron chi connectivity index (χ4n) is 3.53. The third-order valence-electron chi connectivity index (χ3n) is 4.97. The highest BCUT2D eigenvalue weighted by molar-refractivity contribution is 7.90. The first-order chi connectivity index (χ1) is 13.6. The molecule has 0 amide bonds. The van der Waals surface area contributed by atoms with Gasteiger partial charge in [0.2, 0.25) is 10.0 Å². The minimum Gasteiger partial charge on any atom is -0.497 e. The summed E-state index contributed by atoms with van der Waals surface area (Å²) in [6, 6.07) is 4.37. The van der Waals surface area contributed by atoms with Crippen LogP contribution in [-0.4, -0.2) is 57.6 Å². The highest BCUT2D eigenvalue weighted by Crippen LogP contribution is 2.33. The molecule has 0 spiro atoms. The van der Waals surface area contributed by atoms with Crippen LogP contribution in [0.2, 0.25) is 0 Å². The van der Waals surface area contributed by atoms with Gasteiger partial charge in [0.1, 0.15) is 21.3 Å². The van der Waals surface area contributed by atoms with E-state index in [2.05, 4.69) is 5.10 Å². The SMILES string of the molecule is COc1ccc(OC)c(S(=O)(=O)n2nc(C)c(S(=O)(=O)N3CCCCC3)c2C)c1. The quantitative estimate of drug-likeness (QED) is 0.671. The second-order valence-electron chi connectivity index (χ2n) is 6.83. The monoisotopic (exact) mass is 443 g/mol. The van der Waals surface area contributed by atoms with E-state index in [0.717, 1.165) is 23.3 Å².